The van der Waals surface area contributed by atoms with E-state index in [9.17, 15) is 4.79 Å². The van der Waals surface area contributed by atoms with Gasteiger partial charge in [0, 0.05) is 25.9 Å². The number of para-hydroxylation sites is 2. The van der Waals surface area contributed by atoms with Crippen molar-refractivity contribution in [3.05, 3.63) is 24.3 Å². The molecule has 1 saturated heterocycles. The predicted octanol–water partition coefficient (Wildman–Crippen LogP) is 4.67. The summed E-state index contributed by atoms with van der Waals surface area (Å²) in [5.74, 6) is 4.59. The number of rotatable bonds is 5. The van der Waals surface area contributed by atoms with Gasteiger partial charge in [-0.3, -0.25) is 4.79 Å². The quantitative estimate of drug-likeness (QED) is 0.742. The van der Waals surface area contributed by atoms with Gasteiger partial charge in [-0.1, -0.05) is 12.1 Å². The van der Waals surface area contributed by atoms with Gasteiger partial charge in [-0.05, 0) is 75.3 Å². The number of piperidine rings is 1. The third-order valence-corrected chi connectivity index (χ3v) is 7.66. The van der Waals surface area contributed by atoms with Gasteiger partial charge in [-0.2, -0.15) is 0 Å². The number of likely N-dealkylation sites (tertiary alicyclic amines) is 1. The molecule has 1 aliphatic heterocycles. The average Bonchev–Trinajstić information content (AvgIpc) is 2.69. The molecule has 4 aliphatic carbocycles. The number of hydrogen-bond acceptors (Lipinski definition) is 3. The summed E-state index contributed by atoms with van der Waals surface area (Å²) in [7, 11) is 0. The van der Waals surface area contributed by atoms with E-state index in [-0.39, 0.29) is 11.5 Å². The molecule has 5 aliphatic rings. The summed E-state index contributed by atoms with van der Waals surface area (Å²) in [6.07, 6.45) is 9.66. The molecule has 152 valence electrons. The fourth-order valence-corrected chi connectivity index (χ4v) is 6.89. The number of carbonyl (C=O) groups is 1. The van der Waals surface area contributed by atoms with Crippen molar-refractivity contribution in [2.45, 2.75) is 64.4 Å². The SMILES string of the molecule is CCOc1ccccc1OC1CCN(C(=O)C23CC4CC(CC(C4)C2)C3)CC1. The van der Waals surface area contributed by atoms with E-state index in [4.69, 9.17) is 9.47 Å². The highest BCUT2D eigenvalue weighted by molar-refractivity contribution is 5.83. The summed E-state index contributed by atoms with van der Waals surface area (Å²) in [4.78, 5) is 15.7. The van der Waals surface area contributed by atoms with Gasteiger partial charge in [0.25, 0.3) is 0 Å². The molecule has 1 amide bonds. The molecule has 0 unspecified atom stereocenters. The van der Waals surface area contributed by atoms with Crippen LogP contribution in [-0.4, -0.2) is 36.6 Å². The highest BCUT2D eigenvalue weighted by Gasteiger charge is 2.55. The van der Waals surface area contributed by atoms with E-state index in [0.29, 0.717) is 12.5 Å². The minimum absolute atomic E-state index is 0.00991. The Labute approximate surface area is 168 Å². The molecule has 1 aromatic carbocycles. The number of carbonyl (C=O) groups excluding carboxylic acids is 1. The first-order valence-electron chi connectivity index (χ1n) is 11.3. The van der Waals surface area contributed by atoms with Gasteiger partial charge in [-0.15, -0.1) is 0 Å². The van der Waals surface area contributed by atoms with Crippen LogP contribution in [0.4, 0.5) is 0 Å². The fraction of sp³-hybridized carbons (Fsp3) is 0.708. The van der Waals surface area contributed by atoms with Crippen molar-refractivity contribution in [3.8, 4) is 11.5 Å². The molecule has 4 heteroatoms. The molecule has 0 radical (unpaired) electrons. The van der Waals surface area contributed by atoms with E-state index in [0.717, 1.165) is 74.4 Å². The Morgan fingerprint density at radius 1 is 1.00 bits per heavy atom. The van der Waals surface area contributed by atoms with Crippen LogP contribution in [0.3, 0.4) is 0 Å². The summed E-state index contributed by atoms with van der Waals surface area (Å²) in [5, 5.41) is 0. The lowest BCUT2D eigenvalue weighted by molar-refractivity contribution is -0.159. The van der Waals surface area contributed by atoms with E-state index in [1.54, 1.807) is 0 Å². The Balaban J connectivity index is 1.20. The monoisotopic (exact) mass is 383 g/mol. The molecule has 4 nitrogen and oxygen atoms in total. The van der Waals surface area contributed by atoms with E-state index in [1.165, 1.54) is 19.3 Å². The second-order valence-electron chi connectivity index (χ2n) is 9.69. The van der Waals surface area contributed by atoms with Gasteiger partial charge in [0.05, 0.1) is 12.0 Å². The number of benzene rings is 1. The third kappa shape index (κ3) is 3.29. The second kappa shape index (κ2) is 7.27. The molecule has 0 atom stereocenters. The highest BCUT2D eigenvalue weighted by atomic mass is 16.5. The summed E-state index contributed by atoms with van der Waals surface area (Å²) in [5.41, 5.74) is -0.00991. The number of ether oxygens (including phenoxy) is 2. The van der Waals surface area contributed by atoms with Crippen molar-refractivity contribution >= 4 is 5.91 Å². The summed E-state index contributed by atoms with van der Waals surface area (Å²) in [6, 6.07) is 7.91. The van der Waals surface area contributed by atoms with Crippen LogP contribution in [-0.2, 0) is 4.79 Å². The standard InChI is InChI=1S/C24H33NO3/c1-2-27-21-5-3-4-6-22(21)28-20-7-9-25(10-8-20)23(26)24-14-17-11-18(15-24)13-19(12-17)16-24/h3-6,17-20H,2,7-16H2,1H3. The van der Waals surface area contributed by atoms with Gasteiger partial charge in [0.15, 0.2) is 11.5 Å². The van der Waals surface area contributed by atoms with Crippen LogP contribution >= 0.6 is 0 Å². The van der Waals surface area contributed by atoms with Crippen molar-refractivity contribution in [3.63, 3.8) is 0 Å². The van der Waals surface area contributed by atoms with Crippen molar-refractivity contribution < 1.29 is 14.3 Å². The second-order valence-corrected chi connectivity index (χ2v) is 9.69. The largest absolute Gasteiger partial charge is 0.490 e. The zero-order chi connectivity index (χ0) is 19.1. The summed E-state index contributed by atoms with van der Waals surface area (Å²) >= 11 is 0. The van der Waals surface area contributed by atoms with Crippen LogP contribution < -0.4 is 9.47 Å². The van der Waals surface area contributed by atoms with Gasteiger partial charge in [0.1, 0.15) is 6.10 Å². The minimum Gasteiger partial charge on any atom is -0.490 e. The van der Waals surface area contributed by atoms with Gasteiger partial charge >= 0.3 is 0 Å². The maximum Gasteiger partial charge on any atom is 0.228 e. The Bertz CT molecular complexity index is 687. The molecule has 28 heavy (non-hydrogen) atoms. The number of nitrogens with zero attached hydrogens (tertiary/aromatic N) is 1. The Morgan fingerprint density at radius 2 is 1.57 bits per heavy atom. The average molecular weight is 384 g/mol. The molecule has 0 spiro atoms. The lowest BCUT2D eigenvalue weighted by Crippen LogP contribution is -2.56. The maximum atomic E-state index is 13.5. The molecule has 4 saturated carbocycles. The van der Waals surface area contributed by atoms with E-state index in [1.807, 2.05) is 31.2 Å². The zero-order valence-corrected chi connectivity index (χ0v) is 17.1. The van der Waals surface area contributed by atoms with Crippen molar-refractivity contribution in [2.24, 2.45) is 23.2 Å². The molecule has 0 aromatic heterocycles. The van der Waals surface area contributed by atoms with Crippen molar-refractivity contribution in [1.29, 1.82) is 0 Å². The minimum atomic E-state index is -0.00991. The first-order chi connectivity index (χ1) is 13.6. The molecular weight excluding hydrogens is 350 g/mol. The van der Waals surface area contributed by atoms with Crippen LogP contribution in [0.1, 0.15) is 58.3 Å². The summed E-state index contributed by atoms with van der Waals surface area (Å²) in [6.45, 7) is 4.30. The lowest BCUT2D eigenvalue weighted by Gasteiger charge is -2.57. The first kappa shape index (κ1) is 18.3. The van der Waals surface area contributed by atoms with Crippen molar-refractivity contribution in [2.75, 3.05) is 19.7 Å². The normalized spacial score (nSPS) is 34.5. The topological polar surface area (TPSA) is 38.8 Å². The molecule has 6 rings (SSSR count). The fourth-order valence-electron chi connectivity index (χ4n) is 6.89. The van der Waals surface area contributed by atoms with E-state index in [2.05, 4.69) is 4.90 Å². The Kier molecular flexibility index (Phi) is 4.76. The number of hydrogen-bond donors (Lipinski definition) is 0. The summed E-state index contributed by atoms with van der Waals surface area (Å²) < 4.78 is 11.9. The number of amides is 1. The molecule has 4 bridgehead atoms. The smallest absolute Gasteiger partial charge is 0.228 e. The zero-order valence-electron chi connectivity index (χ0n) is 17.1. The third-order valence-electron chi connectivity index (χ3n) is 7.66. The first-order valence-corrected chi connectivity index (χ1v) is 11.3. The van der Waals surface area contributed by atoms with E-state index < -0.39 is 0 Å². The van der Waals surface area contributed by atoms with Crippen molar-refractivity contribution in [1.82, 2.24) is 4.90 Å². The molecule has 5 fully saturated rings. The van der Waals surface area contributed by atoms with Crippen LogP contribution in [0, 0.1) is 23.2 Å². The van der Waals surface area contributed by atoms with Gasteiger partial charge in [0.2, 0.25) is 5.91 Å². The molecule has 0 N–H and O–H groups in total. The van der Waals surface area contributed by atoms with Crippen LogP contribution in [0.25, 0.3) is 0 Å². The van der Waals surface area contributed by atoms with Gasteiger partial charge in [-0.25, -0.2) is 0 Å². The lowest BCUT2D eigenvalue weighted by atomic mass is 9.49. The predicted molar refractivity (Wildman–Crippen MR) is 108 cm³/mol. The van der Waals surface area contributed by atoms with Crippen LogP contribution in [0.2, 0.25) is 0 Å². The Hall–Kier alpha value is -1.71. The Morgan fingerprint density at radius 3 is 2.14 bits per heavy atom. The molecule has 1 heterocycles. The van der Waals surface area contributed by atoms with Gasteiger partial charge < -0.3 is 14.4 Å². The molecular formula is C24H33NO3. The van der Waals surface area contributed by atoms with E-state index >= 15 is 0 Å². The van der Waals surface area contributed by atoms with Crippen LogP contribution in [0.5, 0.6) is 11.5 Å². The van der Waals surface area contributed by atoms with Crippen LogP contribution in [0.15, 0.2) is 24.3 Å². The molecule has 1 aromatic rings. The highest BCUT2D eigenvalue weighted by Crippen LogP contribution is 2.60. The maximum absolute atomic E-state index is 13.5.